The summed E-state index contributed by atoms with van der Waals surface area (Å²) in [6.45, 7) is -1.24. The third-order valence-electron chi connectivity index (χ3n) is 1.39. The van der Waals surface area contributed by atoms with Crippen molar-refractivity contribution in [1.29, 1.82) is 0 Å². The number of rotatable bonds is 6. The van der Waals surface area contributed by atoms with Gasteiger partial charge in [-0.25, -0.2) is 9.10 Å². The van der Waals surface area contributed by atoms with Gasteiger partial charge in [-0.15, -0.1) is 0 Å². The van der Waals surface area contributed by atoms with E-state index >= 15 is 0 Å². The molecule has 0 radical (unpaired) electrons. The maximum absolute atomic E-state index is 11.2. The number of carbonyl (C=O) groups excluding carboxylic acids is 1. The third kappa shape index (κ3) is 6.27. The zero-order valence-corrected chi connectivity index (χ0v) is 9.12. The molecule has 1 amide bonds. The molecular formula is C7H9NO8S. The number of hydrogen-bond donors (Lipinski definition) is 3. The zero-order valence-electron chi connectivity index (χ0n) is 8.31. The monoisotopic (exact) mass is 267 g/mol. The van der Waals surface area contributed by atoms with E-state index in [2.05, 4.69) is 0 Å². The summed E-state index contributed by atoms with van der Waals surface area (Å²) in [6, 6.07) is 0. The van der Waals surface area contributed by atoms with Crippen LogP contribution in [0.1, 0.15) is 6.42 Å². The summed E-state index contributed by atoms with van der Waals surface area (Å²) in [4.78, 5) is 31.5. The van der Waals surface area contributed by atoms with Crippen LogP contribution in [0.3, 0.4) is 0 Å². The first-order valence-corrected chi connectivity index (χ1v) is 5.43. The molecule has 0 atom stereocenters. The number of hydrogen-bond acceptors (Lipinski definition) is 5. The van der Waals surface area contributed by atoms with Crippen molar-refractivity contribution in [2.45, 2.75) is 6.42 Å². The summed E-state index contributed by atoms with van der Waals surface area (Å²) in [5.74, 6) is -4.25. The van der Waals surface area contributed by atoms with E-state index in [9.17, 15) is 22.8 Å². The topological polar surface area (TPSA) is 149 Å². The lowest BCUT2D eigenvalue weighted by atomic mass is 10.3. The second-order valence-corrected chi connectivity index (χ2v) is 4.05. The van der Waals surface area contributed by atoms with Crippen molar-refractivity contribution in [3.63, 3.8) is 0 Å². The van der Waals surface area contributed by atoms with Gasteiger partial charge < -0.3 is 10.2 Å². The second-order valence-electron chi connectivity index (χ2n) is 2.72. The third-order valence-corrected chi connectivity index (χ3v) is 2.28. The molecule has 0 aromatic carbocycles. The lowest BCUT2D eigenvalue weighted by Gasteiger charge is -2.15. The minimum Gasteiger partial charge on any atom is -0.480 e. The number of carboxylic acid groups (broad SMARTS) is 2. The summed E-state index contributed by atoms with van der Waals surface area (Å²) < 4.78 is 29.6. The van der Waals surface area contributed by atoms with Gasteiger partial charge in [0.05, 0.1) is 0 Å². The summed E-state index contributed by atoms with van der Waals surface area (Å²) >= 11 is 0. The van der Waals surface area contributed by atoms with Gasteiger partial charge in [-0.1, -0.05) is 6.08 Å². The first-order valence-electron chi connectivity index (χ1n) is 4.04. The highest BCUT2D eigenvalue weighted by Gasteiger charge is 2.26. The number of carbonyl (C=O) groups is 3. The molecule has 17 heavy (non-hydrogen) atoms. The Hall–Kier alpha value is -1.94. The van der Waals surface area contributed by atoms with Gasteiger partial charge in [0.15, 0.2) is 0 Å². The molecule has 0 aromatic rings. The molecule has 10 heteroatoms. The number of carboxylic acids is 2. The van der Waals surface area contributed by atoms with Gasteiger partial charge in [0.2, 0.25) is 5.91 Å². The minimum atomic E-state index is -4.99. The molecule has 9 nitrogen and oxygen atoms in total. The quantitative estimate of drug-likeness (QED) is 0.398. The van der Waals surface area contributed by atoms with Crippen LogP contribution in [-0.2, 0) is 24.7 Å². The van der Waals surface area contributed by atoms with Gasteiger partial charge in [-0.3, -0.25) is 14.1 Å². The Morgan fingerprint density at radius 2 is 1.71 bits per heavy atom. The first-order chi connectivity index (χ1) is 7.64. The van der Waals surface area contributed by atoms with Crippen molar-refractivity contribution in [2.24, 2.45) is 0 Å². The molecule has 0 fully saturated rings. The van der Waals surface area contributed by atoms with Gasteiger partial charge in [-0.2, -0.15) is 8.42 Å². The van der Waals surface area contributed by atoms with Crippen molar-refractivity contribution in [3.8, 4) is 0 Å². The smallest absolute Gasteiger partial charge is 0.362 e. The summed E-state index contributed by atoms with van der Waals surface area (Å²) in [5, 5.41) is 16.5. The molecule has 0 rings (SSSR count). The average Bonchev–Trinajstić information content (AvgIpc) is 2.11. The van der Waals surface area contributed by atoms with Crippen molar-refractivity contribution < 1.29 is 37.6 Å². The Balaban J connectivity index is 4.78. The molecule has 0 aliphatic rings. The van der Waals surface area contributed by atoms with Crippen molar-refractivity contribution in [1.82, 2.24) is 4.31 Å². The fourth-order valence-corrected chi connectivity index (χ4v) is 1.39. The highest BCUT2D eigenvalue weighted by atomic mass is 32.2. The van der Waals surface area contributed by atoms with Crippen LogP contribution in [-0.4, -0.2) is 51.9 Å². The van der Waals surface area contributed by atoms with Gasteiger partial charge >= 0.3 is 22.2 Å². The molecule has 3 N–H and O–H groups in total. The fraction of sp³-hybridized carbons (Fsp3) is 0.286. The van der Waals surface area contributed by atoms with Crippen LogP contribution < -0.4 is 0 Å². The average molecular weight is 267 g/mol. The lowest BCUT2D eigenvalue weighted by Crippen LogP contribution is -2.39. The van der Waals surface area contributed by atoms with Crippen molar-refractivity contribution in [3.05, 3.63) is 12.2 Å². The summed E-state index contributed by atoms with van der Waals surface area (Å²) in [6.07, 6.45) is 0.741. The van der Waals surface area contributed by atoms with Gasteiger partial charge in [0, 0.05) is 12.5 Å². The van der Waals surface area contributed by atoms with Gasteiger partial charge in [0.25, 0.3) is 0 Å². The van der Waals surface area contributed by atoms with Crippen molar-refractivity contribution >= 4 is 28.1 Å². The molecular weight excluding hydrogens is 258 g/mol. The van der Waals surface area contributed by atoms with Crippen LogP contribution >= 0.6 is 0 Å². The van der Waals surface area contributed by atoms with Crippen molar-refractivity contribution in [2.75, 3.05) is 6.54 Å². The molecule has 0 aromatic heterocycles. The normalized spacial score (nSPS) is 11.4. The molecule has 0 aliphatic heterocycles. The summed E-state index contributed by atoms with van der Waals surface area (Å²) in [5.41, 5.74) is 0. The number of amides is 1. The molecule has 0 heterocycles. The Morgan fingerprint density at radius 1 is 1.18 bits per heavy atom. The lowest BCUT2D eigenvalue weighted by molar-refractivity contribution is -0.141. The largest absolute Gasteiger partial charge is 0.480 e. The predicted molar refractivity (Wildman–Crippen MR) is 52.3 cm³/mol. The van der Waals surface area contributed by atoms with Crippen LogP contribution in [0.25, 0.3) is 0 Å². The van der Waals surface area contributed by atoms with Gasteiger partial charge in [0.1, 0.15) is 6.54 Å². The van der Waals surface area contributed by atoms with Crippen LogP contribution in [0.5, 0.6) is 0 Å². The van der Waals surface area contributed by atoms with Crippen LogP contribution in [0.15, 0.2) is 12.2 Å². The molecule has 0 spiro atoms. The first kappa shape index (κ1) is 15.1. The SMILES string of the molecule is O=C(O)C=CCC(=O)N(CC(=O)O)S(=O)(=O)O. The van der Waals surface area contributed by atoms with E-state index in [-0.39, 0.29) is 4.31 Å². The number of nitrogens with zero attached hydrogens (tertiary/aromatic N) is 1. The van der Waals surface area contributed by atoms with Crippen LogP contribution in [0, 0.1) is 0 Å². The Bertz CT molecular complexity index is 450. The van der Waals surface area contributed by atoms with E-state index in [1.165, 1.54) is 0 Å². The Labute approximate surface area is 95.8 Å². The maximum atomic E-state index is 11.2. The standard InChI is InChI=1S/C7H9NO8S/c9-5(2-1-3-6(10)11)8(4-7(12)13)17(14,15)16/h1,3H,2,4H2,(H,10,11)(H,12,13)(H,14,15,16). The second kappa shape index (κ2) is 5.96. The van der Waals surface area contributed by atoms with E-state index in [0.29, 0.717) is 6.08 Å². The number of aliphatic carboxylic acids is 2. The molecule has 0 unspecified atom stereocenters. The highest BCUT2D eigenvalue weighted by molar-refractivity contribution is 7.84. The van der Waals surface area contributed by atoms with E-state index < -0.39 is 41.1 Å². The molecule has 0 aliphatic carbocycles. The summed E-state index contributed by atoms with van der Waals surface area (Å²) in [7, 11) is -4.99. The Kier molecular flexibility index (Phi) is 5.28. The van der Waals surface area contributed by atoms with Gasteiger partial charge in [-0.05, 0) is 0 Å². The van der Waals surface area contributed by atoms with E-state index in [4.69, 9.17) is 14.8 Å². The molecule has 0 bridgehead atoms. The highest BCUT2D eigenvalue weighted by Crippen LogP contribution is 2.02. The minimum absolute atomic E-state index is 0.276. The Morgan fingerprint density at radius 3 is 2.06 bits per heavy atom. The molecule has 0 saturated carbocycles. The van der Waals surface area contributed by atoms with E-state index in [0.717, 1.165) is 6.08 Å². The molecule has 0 saturated heterocycles. The van der Waals surface area contributed by atoms with Crippen LogP contribution in [0.4, 0.5) is 0 Å². The van der Waals surface area contributed by atoms with Crippen LogP contribution in [0.2, 0.25) is 0 Å². The fourth-order valence-electron chi connectivity index (χ4n) is 0.784. The zero-order chi connectivity index (χ0) is 13.6. The van der Waals surface area contributed by atoms with E-state index in [1.54, 1.807) is 0 Å². The molecule has 96 valence electrons. The predicted octanol–water partition coefficient (Wildman–Crippen LogP) is -1.27. The maximum Gasteiger partial charge on any atom is 0.362 e. The van der Waals surface area contributed by atoms with E-state index in [1.807, 2.05) is 0 Å².